The lowest BCUT2D eigenvalue weighted by Crippen LogP contribution is -2.22. The SMILES string of the molecule is O=C(NCc1cccnc1)c1ccc2c(c1)ncn2-c1ccc(OCC2(c3ccc(Cl)cc3)CC2)cc1. The Kier molecular flexibility index (Phi) is 6.10. The highest BCUT2D eigenvalue weighted by molar-refractivity contribution is 6.30. The Hall–Kier alpha value is -4.16. The zero-order valence-electron chi connectivity index (χ0n) is 20.1. The summed E-state index contributed by atoms with van der Waals surface area (Å²) in [5, 5.41) is 3.68. The van der Waals surface area contributed by atoms with Crippen molar-refractivity contribution in [2.75, 3.05) is 6.61 Å². The molecule has 2 heterocycles. The Morgan fingerprint density at radius 3 is 2.57 bits per heavy atom. The Bertz CT molecular complexity index is 1540. The first-order valence-corrected chi connectivity index (χ1v) is 12.6. The van der Waals surface area contributed by atoms with Gasteiger partial charge in [-0.15, -0.1) is 0 Å². The van der Waals surface area contributed by atoms with Gasteiger partial charge in [0.1, 0.15) is 12.1 Å². The summed E-state index contributed by atoms with van der Waals surface area (Å²) in [5.74, 6) is 0.690. The zero-order chi connectivity index (χ0) is 25.2. The van der Waals surface area contributed by atoms with Gasteiger partial charge in [0.15, 0.2) is 0 Å². The van der Waals surface area contributed by atoms with E-state index in [0.29, 0.717) is 18.7 Å². The number of hydrogen-bond donors (Lipinski definition) is 1. The van der Waals surface area contributed by atoms with Crippen LogP contribution in [0.5, 0.6) is 5.75 Å². The average Bonchev–Trinajstić information content (AvgIpc) is 3.62. The zero-order valence-corrected chi connectivity index (χ0v) is 20.9. The molecule has 0 spiro atoms. The fourth-order valence-corrected chi connectivity index (χ4v) is 4.67. The van der Waals surface area contributed by atoms with Gasteiger partial charge in [-0.25, -0.2) is 4.98 Å². The van der Waals surface area contributed by atoms with Crippen LogP contribution in [0.15, 0.2) is 97.6 Å². The molecule has 2 aromatic heterocycles. The van der Waals surface area contributed by atoms with Gasteiger partial charge in [-0.2, -0.15) is 0 Å². The van der Waals surface area contributed by atoms with Crippen molar-refractivity contribution >= 4 is 28.5 Å². The number of ether oxygens (including phenoxy) is 1. The lowest BCUT2D eigenvalue weighted by molar-refractivity contribution is 0.0951. The van der Waals surface area contributed by atoms with Crippen LogP contribution in [0.2, 0.25) is 5.02 Å². The molecule has 1 aliphatic carbocycles. The Labute approximate surface area is 219 Å². The molecule has 6 nitrogen and oxygen atoms in total. The van der Waals surface area contributed by atoms with Gasteiger partial charge in [-0.05, 0) is 84.6 Å². The van der Waals surface area contributed by atoms with Gasteiger partial charge in [0.2, 0.25) is 0 Å². The molecule has 184 valence electrons. The van der Waals surface area contributed by atoms with Crippen LogP contribution in [0.3, 0.4) is 0 Å². The molecule has 0 saturated heterocycles. The largest absolute Gasteiger partial charge is 0.493 e. The molecule has 1 N–H and O–H groups in total. The number of aromatic nitrogens is 3. The fraction of sp³-hybridized carbons (Fsp3) is 0.167. The predicted molar refractivity (Wildman–Crippen MR) is 144 cm³/mol. The number of fused-ring (bicyclic) bond motifs is 1. The highest BCUT2D eigenvalue weighted by atomic mass is 35.5. The summed E-state index contributed by atoms with van der Waals surface area (Å²) < 4.78 is 8.18. The summed E-state index contributed by atoms with van der Waals surface area (Å²) in [4.78, 5) is 21.2. The highest BCUT2D eigenvalue weighted by Crippen LogP contribution is 2.48. The number of nitrogens with one attached hydrogen (secondary N) is 1. The quantitative estimate of drug-likeness (QED) is 0.274. The molecular formula is C30H25ClN4O2. The molecule has 0 atom stereocenters. The number of nitrogens with zero attached hydrogens (tertiary/aromatic N) is 3. The summed E-state index contributed by atoms with van der Waals surface area (Å²) in [5.41, 5.74) is 5.55. The molecular weight excluding hydrogens is 484 g/mol. The van der Waals surface area contributed by atoms with E-state index in [-0.39, 0.29) is 11.3 Å². The second kappa shape index (κ2) is 9.71. The standard InChI is InChI=1S/C30H25ClN4O2/c31-24-6-4-23(5-7-24)30(13-14-30)19-37-26-10-8-25(9-11-26)35-20-34-27-16-22(3-12-28(27)35)29(36)33-18-21-2-1-15-32-17-21/h1-12,15-17,20H,13-14,18-19H2,(H,33,36). The summed E-state index contributed by atoms with van der Waals surface area (Å²) in [6, 6.07) is 25.4. The van der Waals surface area contributed by atoms with Crippen LogP contribution >= 0.6 is 11.6 Å². The number of hydrogen-bond acceptors (Lipinski definition) is 4. The molecule has 1 amide bonds. The summed E-state index contributed by atoms with van der Waals surface area (Å²) in [6.45, 7) is 1.07. The third kappa shape index (κ3) is 4.93. The van der Waals surface area contributed by atoms with Crippen LogP contribution in [0, 0.1) is 0 Å². The van der Waals surface area contributed by atoms with E-state index >= 15 is 0 Å². The summed E-state index contributed by atoms with van der Waals surface area (Å²) in [7, 11) is 0. The maximum atomic E-state index is 12.6. The summed E-state index contributed by atoms with van der Waals surface area (Å²) in [6.07, 6.45) is 7.47. The Morgan fingerprint density at radius 2 is 1.84 bits per heavy atom. The van der Waals surface area contributed by atoms with Crippen molar-refractivity contribution in [2.45, 2.75) is 24.8 Å². The van der Waals surface area contributed by atoms with E-state index in [4.69, 9.17) is 16.3 Å². The molecule has 1 fully saturated rings. The topological polar surface area (TPSA) is 69.0 Å². The van der Waals surface area contributed by atoms with Gasteiger partial charge in [0.25, 0.3) is 5.91 Å². The average molecular weight is 509 g/mol. The minimum atomic E-state index is -0.145. The van der Waals surface area contributed by atoms with Crippen molar-refractivity contribution in [1.29, 1.82) is 0 Å². The van der Waals surface area contributed by atoms with Crippen molar-refractivity contribution in [1.82, 2.24) is 19.9 Å². The van der Waals surface area contributed by atoms with Crippen molar-refractivity contribution < 1.29 is 9.53 Å². The summed E-state index contributed by atoms with van der Waals surface area (Å²) >= 11 is 6.05. The van der Waals surface area contributed by atoms with Crippen molar-refractivity contribution in [3.63, 3.8) is 0 Å². The van der Waals surface area contributed by atoms with Gasteiger partial charge in [-0.1, -0.05) is 29.8 Å². The first-order valence-electron chi connectivity index (χ1n) is 12.2. The molecule has 1 aliphatic rings. The van der Waals surface area contributed by atoms with Crippen molar-refractivity contribution in [3.05, 3.63) is 119 Å². The lowest BCUT2D eigenvalue weighted by Gasteiger charge is -2.17. The molecule has 5 aromatic rings. The number of amides is 1. The van der Waals surface area contributed by atoms with Crippen LogP contribution in [0.25, 0.3) is 16.7 Å². The molecule has 1 saturated carbocycles. The maximum absolute atomic E-state index is 12.6. The molecule has 3 aromatic carbocycles. The van der Waals surface area contributed by atoms with Crippen LogP contribution in [-0.2, 0) is 12.0 Å². The fourth-order valence-electron chi connectivity index (χ4n) is 4.54. The number of carbonyl (C=O) groups excluding carboxylic acids is 1. The number of benzene rings is 3. The third-order valence-corrected chi connectivity index (χ3v) is 7.18. The Morgan fingerprint density at radius 1 is 1.03 bits per heavy atom. The number of rotatable bonds is 8. The number of carbonyl (C=O) groups is 1. The van der Waals surface area contributed by atoms with Gasteiger partial charge in [0.05, 0.1) is 17.6 Å². The minimum Gasteiger partial charge on any atom is -0.493 e. The lowest BCUT2D eigenvalue weighted by atomic mass is 9.97. The number of imidazole rings is 1. The van der Waals surface area contributed by atoms with Gasteiger partial charge < -0.3 is 10.1 Å². The van der Waals surface area contributed by atoms with E-state index in [1.165, 1.54) is 5.56 Å². The van der Waals surface area contributed by atoms with Crippen LogP contribution < -0.4 is 10.1 Å². The van der Waals surface area contributed by atoms with Crippen molar-refractivity contribution in [2.24, 2.45) is 0 Å². The van der Waals surface area contributed by atoms with Crippen molar-refractivity contribution in [3.8, 4) is 11.4 Å². The number of halogens is 1. The van der Waals surface area contributed by atoms with E-state index in [1.807, 2.05) is 71.3 Å². The minimum absolute atomic E-state index is 0.0891. The first kappa shape index (κ1) is 23.3. The van der Waals surface area contributed by atoms with E-state index in [9.17, 15) is 4.79 Å². The molecule has 6 rings (SSSR count). The van der Waals surface area contributed by atoms with Gasteiger partial charge in [0, 0.05) is 40.6 Å². The number of pyridine rings is 1. The smallest absolute Gasteiger partial charge is 0.251 e. The van der Waals surface area contributed by atoms with Crippen LogP contribution in [-0.4, -0.2) is 27.0 Å². The van der Waals surface area contributed by atoms with E-state index in [0.717, 1.165) is 45.9 Å². The predicted octanol–water partition coefficient (Wildman–Crippen LogP) is 6.11. The van der Waals surface area contributed by atoms with E-state index in [2.05, 4.69) is 27.4 Å². The molecule has 7 heteroatoms. The monoisotopic (exact) mass is 508 g/mol. The van der Waals surface area contributed by atoms with Crippen LogP contribution in [0.1, 0.15) is 34.3 Å². The van der Waals surface area contributed by atoms with E-state index < -0.39 is 0 Å². The normalized spacial score (nSPS) is 13.9. The first-order chi connectivity index (χ1) is 18.1. The molecule has 0 radical (unpaired) electrons. The molecule has 37 heavy (non-hydrogen) atoms. The van der Waals surface area contributed by atoms with Gasteiger partial charge >= 0.3 is 0 Å². The Balaban J connectivity index is 1.12. The molecule has 0 unspecified atom stereocenters. The van der Waals surface area contributed by atoms with E-state index in [1.54, 1.807) is 18.7 Å². The van der Waals surface area contributed by atoms with Crippen LogP contribution in [0.4, 0.5) is 0 Å². The second-order valence-corrected chi connectivity index (χ2v) is 9.87. The second-order valence-electron chi connectivity index (χ2n) is 9.43. The maximum Gasteiger partial charge on any atom is 0.251 e. The molecule has 0 aliphatic heterocycles. The molecule has 0 bridgehead atoms. The third-order valence-electron chi connectivity index (χ3n) is 6.93. The van der Waals surface area contributed by atoms with Gasteiger partial charge in [-0.3, -0.25) is 14.3 Å². The highest BCUT2D eigenvalue weighted by Gasteiger charge is 2.45.